The van der Waals surface area contributed by atoms with Gasteiger partial charge in [-0.2, -0.15) is 0 Å². The number of aryl methyl sites for hydroxylation is 1. The van der Waals surface area contributed by atoms with Crippen molar-refractivity contribution in [2.24, 2.45) is 11.8 Å². The maximum Gasteiger partial charge on any atom is 0.254 e. The summed E-state index contributed by atoms with van der Waals surface area (Å²) >= 11 is 0. The molecule has 2 aliphatic rings. The molecule has 2 nitrogen and oxygen atoms in total. The zero-order valence-electron chi connectivity index (χ0n) is 12.8. The van der Waals surface area contributed by atoms with Crippen LogP contribution < -0.4 is 0 Å². The maximum absolute atomic E-state index is 13.1. The molecular weight excluding hydrogens is 270 g/mol. The highest BCUT2D eigenvalue weighted by Gasteiger charge is 2.52. The Morgan fingerprint density at radius 1 is 1.14 bits per heavy atom. The Labute approximate surface area is 131 Å². The maximum atomic E-state index is 13.1. The zero-order chi connectivity index (χ0) is 15.3. The van der Waals surface area contributed by atoms with Gasteiger partial charge in [-0.1, -0.05) is 42.5 Å². The van der Waals surface area contributed by atoms with Gasteiger partial charge in [-0.05, 0) is 54.9 Å². The Kier molecular flexibility index (Phi) is 3.07. The first kappa shape index (κ1) is 13.6. The van der Waals surface area contributed by atoms with Gasteiger partial charge in [0.2, 0.25) is 0 Å². The van der Waals surface area contributed by atoms with Crippen LogP contribution in [0.3, 0.4) is 0 Å². The van der Waals surface area contributed by atoms with E-state index in [9.17, 15) is 4.79 Å². The monoisotopic (exact) mass is 290 g/mol. The minimum atomic E-state index is 0.134. The van der Waals surface area contributed by atoms with Crippen LogP contribution in [0.4, 0.5) is 0 Å². The molecule has 1 aliphatic carbocycles. The van der Waals surface area contributed by atoms with Gasteiger partial charge >= 0.3 is 0 Å². The van der Waals surface area contributed by atoms with Crippen LogP contribution in [0.5, 0.6) is 0 Å². The number of likely N-dealkylation sites (tertiary alicyclic amines) is 1. The molecule has 111 valence electrons. The number of rotatable bonds is 2. The highest BCUT2D eigenvalue weighted by molar-refractivity contribution is 6.02. The summed E-state index contributed by atoms with van der Waals surface area (Å²) in [5.74, 6) is 1.46. The van der Waals surface area contributed by atoms with E-state index in [2.05, 4.69) is 32.0 Å². The van der Waals surface area contributed by atoms with E-state index in [1.54, 1.807) is 0 Å². The summed E-state index contributed by atoms with van der Waals surface area (Å²) in [5.41, 5.74) is 4.11. The molecule has 0 N–H and O–H groups in total. The Morgan fingerprint density at radius 3 is 2.59 bits per heavy atom. The first-order valence-electron chi connectivity index (χ1n) is 7.96. The third-order valence-electron chi connectivity index (χ3n) is 5.13. The summed E-state index contributed by atoms with van der Waals surface area (Å²) < 4.78 is 0. The highest BCUT2D eigenvalue weighted by atomic mass is 16.2. The van der Waals surface area contributed by atoms with Crippen LogP contribution in [0.1, 0.15) is 22.3 Å². The van der Waals surface area contributed by atoms with Crippen LogP contribution in [-0.4, -0.2) is 23.4 Å². The summed E-state index contributed by atoms with van der Waals surface area (Å²) in [4.78, 5) is 15.0. The van der Waals surface area contributed by atoms with Crippen molar-refractivity contribution in [2.45, 2.75) is 19.4 Å². The van der Waals surface area contributed by atoms with Crippen LogP contribution in [-0.2, 0) is 0 Å². The van der Waals surface area contributed by atoms with Gasteiger partial charge in [0, 0.05) is 18.2 Å². The van der Waals surface area contributed by atoms with Gasteiger partial charge < -0.3 is 4.90 Å². The van der Waals surface area contributed by atoms with Crippen molar-refractivity contribution in [3.05, 3.63) is 66.6 Å². The fraction of sp³-hybridized carbons (Fsp3) is 0.300. The second-order valence-corrected chi connectivity index (χ2v) is 6.55. The molecule has 1 aliphatic heterocycles. The first-order valence-corrected chi connectivity index (χ1v) is 7.96. The predicted octanol–water partition coefficient (Wildman–Crippen LogP) is 3.96. The molecule has 0 unspecified atom stereocenters. The molecule has 2 fully saturated rings. The minimum absolute atomic E-state index is 0.134. The van der Waals surface area contributed by atoms with E-state index >= 15 is 0 Å². The standard InChI is InChI=1S/C20H20NO/c1-13-7-6-10-17(19(13)15-8-4-3-5-9-15)20(22)21-12-16-11-18(16)14(21)2/h3-10,14,16,18H,2,11-12H2,1H3/t14-,16+,18-/m0/s1. The third kappa shape index (κ3) is 2.06. The fourth-order valence-corrected chi connectivity index (χ4v) is 3.79. The molecule has 1 heterocycles. The summed E-state index contributed by atoms with van der Waals surface area (Å²) in [5, 5.41) is 0. The Balaban J connectivity index is 1.76. The third-order valence-corrected chi connectivity index (χ3v) is 5.13. The Morgan fingerprint density at radius 2 is 1.91 bits per heavy atom. The van der Waals surface area contributed by atoms with E-state index < -0.39 is 0 Å². The van der Waals surface area contributed by atoms with Crippen molar-refractivity contribution >= 4 is 5.91 Å². The van der Waals surface area contributed by atoms with Crippen molar-refractivity contribution < 1.29 is 4.79 Å². The fourth-order valence-electron chi connectivity index (χ4n) is 3.79. The van der Waals surface area contributed by atoms with Crippen molar-refractivity contribution in [1.29, 1.82) is 0 Å². The molecule has 2 heteroatoms. The van der Waals surface area contributed by atoms with E-state index in [4.69, 9.17) is 0 Å². The predicted molar refractivity (Wildman–Crippen MR) is 88.4 cm³/mol. The van der Waals surface area contributed by atoms with Gasteiger partial charge in [-0.3, -0.25) is 4.79 Å². The zero-order valence-corrected chi connectivity index (χ0v) is 12.8. The van der Waals surface area contributed by atoms with Crippen LogP contribution in [0.25, 0.3) is 11.1 Å². The smallest absolute Gasteiger partial charge is 0.254 e. The lowest BCUT2D eigenvalue weighted by molar-refractivity contribution is 0.0737. The average molecular weight is 290 g/mol. The quantitative estimate of drug-likeness (QED) is 0.820. The van der Waals surface area contributed by atoms with Crippen LogP contribution in [0, 0.1) is 25.7 Å². The number of amides is 1. The molecule has 1 saturated carbocycles. The highest BCUT2D eigenvalue weighted by Crippen LogP contribution is 2.49. The number of carbonyl (C=O) groups is 1. The molecule has 4 rings (SSSR count). The van der Waals surface area contributed by atoms with Crippen LogP contribution in [0.15, 0.2) is 48.5 Å². The Bertz CT molecular complexity index is 722. The van der Waals surface area contributed by atoms with Crippen molar-refractivity contribution in [1.82, 2.24) is 4.90 Å². The van der Waals surface area contributed by atoms with Gasteiger partial charge in [0.25, 0.3) is 5.91 Å². The van der Waals surface area contributed by atoms with E-state index in [1.807, 2.05) is 35.2 Å². The van der Waals surface area contributed by atoms with Crippen LogP contribution >= 0.6 is 0 Å². The van der Waals surface area contributed by atoms with E-state index in [-0.39, 0.29) is 11.9 Å². The number of benzene rings is 2. The normalized spacial score (nSPS) is 25.9. The van der Waals surface area contributed by atoms with Gasteiger partial charge in [-0.25, -0.2) is 0 Å². The number of piperidine rings is 1. The molecule has 1 amide bonds. The summed E-state index contributed by atoms with van der Waals surface area (Å²) in [6.07, 6.45) is 1.25. The summed E-state index contributed by atoms with van der Waals surface area (Å²) in [7, 11) is 0. The van der Waals surface area contributed by atoms with Gasteiger partial charge in [0.1, 0.15) is 0 Å². The van der Waals surface area contributed by atoms with E-state index in [1.165, 1.54) is 6.42 Å². The van der Waals surface area contributed by atoms with E-state index in [0.29, 0.717) is 11.8 Å². The number of hydrogen-bond donors (Lipinski definition) is 0. The lowest BCUT2D eigenvalue weighted by Gasteiger charge is -2.26. The molecule has 2 aromatic carbocycles. The summed E-state index contributed by atoms with van der Waals surface area (Å²) in [6.45, 7) is 7.16. The molecule has 0 bridgehead atoms. The molecule has 3 atom stereocenters. The topological polar surface area (TPSA) is 20.3 Å². The lowest BCUT2D eigenvalue weighted by atomic mass is 9.94. The van der Waals surface area contributed by atoms with Crippen molar-refractivity contribution in [3.8, 4) is 11.1 Å². The number of hydrogen-bond acceptors (Lipinski definition) is 1. The Hall–Kier alpha value is -2.09. The molecule has 0 aromatic heterocycles. The molecule has 0 spiro atoms. The average Bonchev–Trinajstić information content (AvgIpc) is 3.25. The second-order valence-electron chi connectivity index (χ2n) is 6.55. The molecule has 1 saturated heterocycles. The largest absolute Gasteiger partial charge is 0.335 e. The number of fused-ring (bicyclic) bond motifs is 1. The van der Waals surface area contributed by atoms with Gasteiger partial charge in [0.15, 0.2) is 0 Å². The molecule has 2 aromatic rings. The van der Waals surface area contributed by atoms with E-state index in [0.717, 1.165) is 28.8 Å². The molecular formula is C20H20NO. The molecule has 1 radical (unpaired) electrons. The number of carbonyl (C=O) groups excluding carboxylic acids is 1. The first-order chi connectivity index (χ1) is 10.7. The van der Waals surface area contributed by atoms with Crippen LogP contribution in [0.2, 0.25) is 0 Å². The molecule has 22 heavy (non-hydrogen) atoms. The van der Waals surface area contributed by atoms with Gasteiger partial charge in [0.05, 0.1) is 0 Å². The minimum Gasteiger partial charge on any atom is -0.335 e. The van der Waals surface area contributed by atoms with Crippen molar-refractivity contribution in [2.75, 3.05) is 6.54 Å². The SMILES string of the molecule is [CH2][C@H]1[C@@H]2C[C@@H]2CN1C(=O)c1cccc(C)c1-c1ccccc1. The second kappa shape index (κ2) is 4.98. The lowest BCUT2D eigenvalue weighted by Crippen LogP contribution is -2.37. The summed E-state index contributed by atoms with van der Waals surface area (Å²) in [6, 6.07) is 16.3. The van der Waals surface area contributed by atoms with Gasteiger partial charge in [-0.15, -0.1) is 0 Å². The van der Waals surface area contributed by atoms with Crippen molar-refractivity contribution in [3.63, 3.8) is 0 Å². The number of nitrogens with zero attached hydrogens (tertiary/aromatic N) is 1.